The highest BCUT2D eigenvalue weighted by atomic mass is 16.3. The molecule has 1 amide bonds. The summed E-state index contributed by atoms with van der Waals surface area (Å²) in [5.41, 5.74) is 0. The van der Waals surface area contributed by atoms with Gasteiger partial charge in [-0.25, -0.2) is 0 Å². The van der Waals surface area contributed by atoms with E-state index in [0.29, 0.717) is 6.42 Å². The highest BCUT2D eigenvalue weighted by Crippen LogP contribution is 2.17. The summed E-state index contributed by atoms with van der Waals surface area (Å²) in [6.07, 6.45) is 57.0. The van der Waals surface area contributed by atoms with E-state index in [-0.39, 0.29) is 6.61 Å². The molecule has 5 nitrogen and oxygen atoms in total. The van der Waals surface area contributed by atoms with E-state index in [9.17, 15) is 20.1 Å². The van der Waals surface area contributed by atoms with Crippen molar-refractivity contribution in [3.8, 4) is 0 Å². The van der Waals surface area contributed by atoms with Gasteiger partial charge in [0, 0.05) is 0 Å². The fourth-order valence-electron chi connectivity index (χ4n) is 8.13. The number of aliphatic hydroxyl groups excluding tert-OH is 3. The molecule has 0 bridgehead atoms. The monoisotopic (exact) mass is 792 g/mol. The Bertz CT molecular complexity index is 788. The summed E-state index contributed by atoms with van der Waals surface area (Å²) >= 11 is 0. The number of rotatable bonds is 47. The molecule has 0 saturated carbocycles. The fraction of sp³-hybridized carbons (Fsp3) is 0.941. The summed E-state index contributed by atoms with van der Waals surface area (Å²) in [7, 11) is 0. The van der Waals surface area contributed by atoms with E-state index in [2.05, 4.69) is 19.2 Å². The maximum Gasteiger partial charge on any atom is 0.249 e. The minimum absolute atomic E-state index is 0.359. The van der Waals surface area contributed by atoms with E-state index in [1.54, 1.807) is 6.08 Å². The van der Waals surface area contributed by atoms with Crippen molar-refractivity contribution in [2.24, 2.45) is 0 Å². The lowest BCUT2D eigenvalue weighted by Crippen LogP contribution is -2.48. The number of carbonyl (C=O) groups excluding carboxylic acids is 1. The molecule has 5 heteroatoms. The third kappa shape index (κ3) is 41.3. The number of aliphatic hydroxyl groups is 3. The van der Waals surface area contributed by atoms with Crippen molar-refractivity contribution in [1.82, 2.24) is 5.32 Å². The van der Waals surface area contributed by atoms with Gasteiger partial charge in [-0.05, 0) is 19.3 Å². The second kappa shape index (κ2) is 46.8. The Morgan fingerprint density at radius 2 is 0.696 bits per heavy atom. The van der Waals surface area contributed by atoms with Crippen LogP contribution in [0.25, 0.3) is 0 Å². The van der Waals surface area contributed by atoms with Crippen molar-refractivity contribution in [2.45, 2.75) is 302 Å². The van der Waals surface area contributed by atoms with Crippen LogP contribution in [-0.2, 0) is 4.79 Å². The van der Waals surface area contributed by atoms with Gasteiger partial charge in [0.15, 0.2) is 0 Å². The lowest BCUT2D eigenvalue weighted by Gasteiger charge is -2.21. The summed E-state index contributed by atoms with van der Waals surface area (Å²) in [5, 5.41) is 33.2. The van der Waals surface area contributed by atoms with Crippen molar-refractivity contribution in [3.05, 3.63) is 12.2 Å². The molecular weight excluding hydrogens is 691 g/mol. The molecule has 3 unspecified atom stereocenters. The standard InChI is InChI=1S/C51H101NO4/c1-3-5-7-9-11-13-15-17-19-20-21-22-23-24-25-26-27-28-29-30-32-34-36-38-40-42-44-46-50(55)51(56)52-48(47-53)49(54)45-43-41-39-37-35-33-31-18-16-14-12-10-8-6-4-2/h43,45,48-50,53-55H,3-42,44,46-47H2,1-2H3,(H,52,56)/b45-43+. The SMILES string of the molecule is CCCCCCCCCCCCCCC/C=C/C(O)C(CO)NC(=O)C(O)CCCCCCCCCCCCCCCCCCCCCCCCCCCCC. The fourth-order valence-corrected chi connectivity index (χ4v) is 8.13. The molecule has 0 aliphatic carbocycles. The lowest BCUT2D eigenvalue weighted by molar-refractivity contribution is -0.131. The van der Waals surface area contributed by atoms with Crippen LogP contribution in [0.3, 0.4) is 0 Å². The van der Waals surface area contributed by atoms with Crippen LogP contribution in [0, 0.1) is 0 Å². The zero-order valence-corrected chi connectivity index (χ0v) is 38.0. The highest BCUT2D eigenvalue weighted by molar-refractivity contribution is 5.80. The van der Waals surface area contributed by atoms with E-state index in [1.807, 2.05) is 6.08 Å². The summed E-state index contributed by atoms with van der Waals surface area (Å²) in [4.78, 5) is 12.5. The van der Waals surface area contributed by atoms with Gasteiger partial charge in [-0.2, -0.15) is 0 Å². The maximum absolute atomic E-state index is 12.5. The first-order valence-corrected chi connectivity index (χ1v) is 25.5. The molecule has 4 N–H and O–H groups in total. The van der Waals surface area contributed by atoms with Crippen molar-refractivity contribution in [2.75, 3.05) is 6.61 Å². The number of amides is 1. The van der Waals surface area contributed by atoms with Gasteiger partial charge in [-0.15, -0.1) is 0 Å². The zero-order valence-electron chi connectivity index (χ0n) is 38.0. The molecular formula is C51H101NO4. The molecule has 0 aliphatic heterocycles. The Balaban J connectivity index is 3.53. The molecule has 0 aromatic heterocycles. The Morgan fingerprint density at radius 3 is 0.982 bits per heavy atom. The van der Waals surface area contributed by atoms with Crippen LogP contribution in [0.5, 0.6) is 0 Å². The van der Waals surface area contributed by atoms with Gasteiger partial charge in [-0.3, -0.25) is 4.79 Å². The quantitative estimate of drug-likeness (QED) is 0.0365. The van der Waals surface area contributed by atoms with Gasteiger partial charge in [0.05, 0.1) is 18.8 Å². The van der Waals surface area contributed by atoms with Crippen LogP contribution in [-0.4, -0.2) is 46.1 Å². The van der Waals surface area contributed by atoms with Gasteiger partial charge in [-0.1, -0.05) is 276 Å². The molecule has 0 saturated heterocycles. The number of allylic oxidation sites excluding steroid dienone is 1. The summed E-state index contributed by atoms with van der Waals surface area (Å²) in [6, 6.07) is -0.793. The molecule has 0 fully saturated rings. The molecule has 0 aliphatic rings. The Hall–Kier alpha value is -0.910. The highest BCUT2D eigenvalue weighted by Gasteiger charge is 2.22. The average Bonchev–Trinajstić information content (AvgIpc) is 3.20. The molecule has 56 heavy (non-hydrogen) atoms. The number of hydrogen-bond acceptors (Lipinski definition) is 4. The molecule has 0 rings (SSSR count). The van der Waals surface area contributed by atoms with Crippen LogP contribution < -0.4 is 5.32 Å². The second-order valence-corrected chi connectivity index (χ2v) is 17.7. The minimum atomic E-state index is -1.09. The van der Waals surface area contributed by atoms with Crippen LogP contribution in [0.4, 0.5) is 0 Å². The predicted octanol–water partition coefficient (Wildman–Crippen LogP) is 15.2. The third-order valence-electron chi connectivity index (χ3n) is 12.1. The summed E-state index contributed by atoms with van der Waals surface area (Å²) in [6.45, 7) is 4.21. The van der Waals surface area contributed by atoms with Crippen molar-refractivity contribution in [1.29, 1.82) is 0 Å². The van der Waals surface area contributed by atoms with Gasteiger partial charge in [0.25, 0.3) is 0 Å². The van der Waals surface area contributed by atoms with Crippen molar-refractivity contribution >= 4 is 5.91 Å². The molecule has 3 atom stereocenters. The van der Waals surface area contributed by atoms with E-state index in [1.165, 1.54) is 231 Å². The predicted molar refractivity (Wildman–Crippen MR) is 245 cm³/mol. The first-order chi connectivity index (χ1) is 27.6. The largest absolute Gasteiger partial charge is 0.394 e. The Labute approximate surface area is 350 Å². The number of unbranched alkanes of at least 4 members (excludes halogenated alkanes) is 39. The number of hydrogen-bond donors (Lipinski definition) is 4. The molecule has 0 aromatic rings. The topological polar surface area (TPSA) is 89.8 Å². The molecule has 0 heterocycles. The van der Waals surface area contributed by atoms with Gasteiger partial charge in [0.2, 0.25) is 5.91 Å². The Morgan fingerprint density at radius 1 is 0.429 bits per heavy atom. The van der Waals surface area contributed by atoms with Gasteiger partial charge < -0.3 is 20.6 Å². The van der Waals surface area contributed by atoms with E-state index in [4.69, 9.17) is 0 Å². The van der Waals surface area contributed by atoms with Crippen molar-refractivity contribution < 1.29 is 20.1 Å². The lowest BCUT2D eigenvalue weighted by atomic mass is 10.0. The molecule has 334 valence electrons. The maximum atomic E-state index is 12.5. The summed E-state index contributed by atoms with van der Waals surface area (Å²) < 4.78 is 0. The second-order valence-electron chi connectivity index (χ2n) is 17.7. The molecule has 0 radical (unpaired) electrons. The molecule has 0 aromatic carbocycles. The first-order valence-electron chi connectivity index (χ1n) is 25.5. The number of carbonyl (C=O) groups is 1. The van der Waals surface area contributed by atoms with E-state index in [0.717, 1.165) is 32.1 Å². The van der Waals surface area contributed by atoms with Gasteiger partial charge >= 0.3 is 0 Å². The normalized spacial score (nSPS) is 13.4. The average molecular weight is 792 g/mol. The van der Waals surface area contributed by atoms with E-state index < -0.39 is 24.2 Å². The zero-order chi connectivity index (χ0) is 40.8. The minimum Gasteiger partial charge on any atom is -0.394 e. The van der Waals surface area contributed by atoms with Crippen LogP contribution >= 0.6 is 0 Å². The van der Waals surface area contributed by atoms with E-state index >= 15 is 0 Å². The first kappa shape index (κ1) is 55.1. The Kier molecular flexibility index (Phi) is 46.0. The van der Waals surface area contributed by atoms with Crippen LogP contribution in [0.1, 0.15) is 284 Å². The van der Waals surface area contributed by atoms with Crippen LogP contribution in [0.2, 0.25) is 0 Å². The summed E-state index contributed by atoms with van der Waals surface area (Å²) in [5.74, 6) is -0.497. The third-order valence-corrected chi connectivity index (χ3v) is 12.1. The van der Waals surface area contributed by atoms with Crippen LogP contribution in [0.15, 0.2) is 12.2 Å². The molecule has 0 spiro atoms. The van der Waals surface area contributed by atoms with Gasteiger partial charge in [0.1, 0.15) is 6.10 Å². The van der Waals surface area contributed by atoms with Crippen molar-refractivity contribution in [3.63, 3.8) is 0 Å². The smallest absolute Gasteiger partial charge is 0.249 e. The number of nitrogens with one attached hydrogen (secondary N) is 1.